The molecule has 0 amide bonds. The van der Waals surface area contributed by atoms with Crippen molar-refractivity contribution in [1.29, 1.82) is 0 Å². The van der Waals surface area contributed by atoms with Gasteiger partial charge in [-0.05, 0) is 18.6 Å². The molecule has 1 atom stereocenters. The molecule has 1 aromatic heterocycles. The van der Waals surface area contributed by atoms with Crippen molar-refractivity contribution in [2.75, 3.05) is 0 Å². The molecule has 0 aliphatic carbocycles. The largest absolute Gasteiger partial charge is 0.409 e. The first kappa shape index (κ1) is 14.1. The van der Waals surface area contributed by atoms with Gasteiger partial charge in [0.15, 0.2) is 5.84 Å². The molecule has 1 aromatic carbocycles. The number of oxime groups is 1. The second-order valence-corrected chi connectivity index (χ2v) is 4.65. The number of nitrogens with two attached hydrogens (primary N) is 1. The zero-order chi connectivity index (χ0) is 14.4. The topological polar surface area (TPSA) is 88.5 Å². The molecule has 2 aromatic rings. The lowest BCUT2D eigenvalue weighted by Crippen LogP contribution is -2.31. The molecule has 6 heteroatoms. The molecule has 1 heterocycles. The van der Waals surface area contributed by atoms with Crippen LogP contribution in [0.1, 0.15) is 18.1 Å². The summed E-state index contributed by atoms with van der Waals surface area (Å²) >= 11 is 0. The van der Waals surface area contributed by atoms with E-state index in [-0.39, 0.29) is 11.9 Å². The van der Waals surface area contributed by atoms with Gasteiger partial charge < -0.3 is 16.3 Å². The van der Waals surface area contributed by atoms with Gasteiger partial charge in [0.05, 0.1) is 6.54 Å². The van der Waals surface area contributed by atoms with E-state index in [9.17, 15) is 0 Å². The van der Waals surface area contributed by atoms with Crippen molar-refractivity contribution in [2.45, 2.75) is 26.1 Å². The Kier molecular flexibility index (Phi) is 4.73. The van der Waals surface area contributed by atoms with Crippen molar-refractivity contribution in [1.82, 2.24) is 15.1 Å². The van der Waals surface area contributed by atoms with Gasteiger partial charge >= 0.3 is 0 Å². The van der Waals surface area contributed by atoms with E-state index in [4.69, 9.17) is 10.9 Å². The molecule has 0 aliphatic rings. The molecule has 0 spiro atoms. The van der Waals surface area contributed by atoms with Gasteiger partial charge in [0.2, 0.25) is 0 Å². The number of nitrogens with zero attached hydrogens (tertiary/aromatic N) is 3. The van der Waals surface area contributed by atoms with Crippen LogP contribution in [-0.4, -0.2) is 26.9 Å². The Morgan fingerprint density at radius 3 is 2.95 bits per heavy atom. The molecular formula is C14H19N5O. The normalized spacial score (nSPS) is 13.3. The summed E-state index contributed by atoms with van der Waals surface area (Å²) in [5, 5.41) is 19.4. The average Bonchev–Trinajstić information content (AvgIpc) is 2.97. The molecule has 20 heavy (non-hydrogen) atoms. The first-order valence-corrected chi connectivity index (χ1v) is 6.47. The Balaban J connectivity index is 1.97. The highest BCUT2D eigenvalue weighted by atomic mass is 16.4. The van der Waals surface area contributed by atoms with Gasteiger partial charge in [-0.1, -0.05) is 29.4 Å². The Morgan fingerprint density at radius 1 is 1.45 bits per heavy atom. The van der Waals surface area contributed by atoms with Crippen molar-refractivity contribution in [3.63, 3.8) is 0 Å². The number of hydrogen-bond donors (Lipinski definition) is 3. The minimum Gasteiger partial charge on any atom is -0.409 e. The van der Waals surface area contributed by atoms with Crippen LogP contribution in [0.15, 0.2) is 47.9 Å². The van der Waals surface area contributed by atoms with Crippen LogP contribution in [0.2, 0.25) is 0 Å². The van der Waals surface area contributed by atoms with E-state index in [0.29, 0.717) is 6.54 Å². The van der Waals surface area contributed by atoms with E-state index in [1.54, 1.807) is 6.20 Å². The molecular weight excluding hydrogens is 254 g/mol. The fraction of sp³-hybridized carbons (Fsp3) is 0.286. The van der Waals surface area contributed by atoms with Crippen LogP contribution in [0.3, 0.4) is 0 Å². The van der Waals surface area contributed by atoms with Crippen LogP contribution < -0.4 is 11.1 Å². The summed E-state index contributed by atoms with van der Waals surface area (Å²) in [7, 11) is 0. The minimum absolute atomic E-state index is 0.127. The number of amidine groups is 1. The van der Waals surface area contributed by atoms with Crippen LogP contribution in [0.25, 0.3) is 0 Å². The lowest BCUT2D eigenvalue weighted by atomic mass is 10.1. The molecule has 0 radical (unpaired) electrons. The van der Waals surface area contributed by atoms with E-state index >= 15 is 0 Å². The fourth-order valence-electron chi connectivity index (χ4n) is 2.02. The summed E-state index contributed by atoms with van der Waals surface area (Å²) in [5.74, 6) is 0.127. The Morgan fingerprint density at radius 2 is 2.25 bits per heavy atom. The third-order valence-electron chi connectivity index (χ3n) is 3.06. The van der Waals surface area contributed by atoms with E-state index in [2.05, 4.69) is 22.5 Å². The second-order valence-electron chi connectivity index (χ2n) is 4.65. The van der Waals surface area contributed by atoms with Gasteiger partial charge in [-0.2, -0.15) is 5.10 Å². The second kappa shape index (κ2) is 6.72. The zero-order valence-corrected chi connectivity index (χ0v) is 11.4. The predicted molar refractivity (Wildman–Crippen MR) is 77.5 cm³/mol. The summed E-state index contributed by atoms with van der Waals surface area (Å²) in [5.41, 5.74) is 7.41. The van der Waals surface area contributed by atoms with Crippen LogP contribution in [0.5, 0.6) is 0 Å². The van der Waals surface area contributed by atoms with E-state index in [0.717, 1.165) is 17.7 Å². The third kappa shape index (κ3) is 3.58. The number of hydrogen-bond acceptors (Lipinski definition) is 4. The number of nitrogens with one attached hydrogen (secondary N) is 1. The van der Waals surface area contributed by atoms with Crippen molar-refractivity contribution >= 4 is 5.84 Å². The van der Waals surface area contributed by atoms with E-state index in [1.807, 2.05) is 41.2 Å². The van der Waals surface area contributed by atoms with Crippen LogP contribution in [-0.2, 0) is 13.1 Å². The lowest BCUT2D eigenvalue weighted by Gasteiger charge is -2.15. The highest BCUT2D eigenvalue weighted by Crippen LogP contribution is 2.08. The van der Waals surface area contributed by atoms with Crippen LogP contribution in [0.4, 0.5) is 0 Å². The summed E-state index contributed by atoms with van der Waals surface area (Å²) in [6.45, 7) is 3.53. The molecule has 0 saturated carbocycles. The molecule has 0 fully saturated rings. The average molecular weight is 273 g/mol. The predicted octanol–water partition coefficient (Wildman–Crippen LogP) is 1.16. The summed E-state index contributed by atoms with van der Waals surface area (Å²) in [6.07, 6.45) is 3.70. The van der Waals surface area contributed by atoms with E-state index in [1.165, 1.54) is 0 Å². The smallest absolute Gasteiger partial charge is 0.170 e. The summed E-state index contributed by atoms with van der Waals surface area (Å²) in [6, 6.07) is 9.76. The highest BCUT2D eigenvalue weighted by molar-refractivity contribution is 5.98. The maximum atomic E-state index is 8.79. The molecule has 6 nitrogen and oxygen atoms in total. The maximum Gasteiger partial charge on any atom is 0.170 e. The highest BCUT2D eigenvalue weighted by Gasteiger charge is 2.08. The van der Waals surface area contributed by atoms with Gasteiger partial charge in [-0.25, -0.2) is 0 Å². The molecule has 106 valence electrons. The maximum absolute atomic E-state index is 8.79. The number of rotatable bonds is 6. The van der Waals surface area contributed by atoms with Crippen LogP contribution in [0, 0.1) is 0 Å². The van der Waals surface area contributed by atoms with Gasteiger partial charge in [0.25, 0.3) is 0 Å². The zero-order valence-electron chi connectivity index (χ0n) is 11.4. The number of benzene rings is 1. The molecule has 2 rings (SSSR count). The molecule has 4 N–H and O–H groups in total. The lowest BCUT2D eigenvalue weighted by molar-refractivity contribution is 0.318. The van der Waals surface area contributed by atoms with Gasteiger partial charge in [0, 0.05) is 30.5 Å². The van der Waals surface area contributed by atoms with Crippen molar-refractivity contribution in [2.24, 2.45) is 10.9 Å². The first-order chi connectivity index (χ1) is 9.70. The minimum atomic E-state index is 0.127. The van der Waals surface area contributed by atoms with Gasteiger partial charge in [0.1, 0.15) is 0 Å². The monoisotopic (exact) mass is 273 g/mol. The molecule has 0 saturated heterocycles. The van der Waals surface area contributed by atoms with Crippen molar-refractivity contribution in [3.05, 3.63) is 53.9 Å². The first-order valence-electron chi connectivity index (χ1n) is 6.47. The number of aromatic nitrogens is 2. The summed E-state index contributed by atoms with van der Waals surface area (Å²) in [4.78, 5) is 0. The van der Waals surface area contributed by atoms with E-state index < -0.39 is 0 Å². The SMILES string of the molecule is CC(Cn1cccn1)NCc1ccccc1C(N)=NO. The van der Waals surface area contributed by atoms with Gasteiger partial charge in [-0.15, -0.1) is 0 Å². The van der Waals surface area contributed by atoms with Gasteiger partial charge in [-0.3, -0.25) is 4.68 Å². The quantitative estimate of drug-likeness (QED) is 0.319. The Bertz CT molecular complexity index is 565. The molecule has 0 aliphatic heterocycles. The molecule has 0 bridgehead atoms. The van der Waals surface area contributed by atoms with Crippen molar-refractivity contribution < 1.29 is 5.21 Å². The fourth-order valence-corrected chi connectivity index (χ4v) is 2.02. The Hall–Kier alpha value is -2.34. The third-order valence-corrected chi connectivity index (χ3v) is 3.06. The standard InChI is InChI=1S/C14H19N5O/c1-11(10-19-8-4-7-17-19)16-9-12-5-2-3-6-13(12)14(15)18-20/h2-8,11,16,20H,9-10H2,1H3,(H2,15,18). The molecule has 1 unspecified atom stereocenters. The summed E-state index contributed by atoms with van der Waals surface area (Å²) < 4.78 is 1.88. The van der Waals surface area contributed by atoms with Crippen LogP contribution >= 0.6 is 0 Å². The van der Waals surface area contributed by atoms with Crippen molar-refractivity contribution in [3.8, 4) is 0 Å². The Labute approximate surface area is 117 Å².